The van der Waals surface area contributed by atoms with Gasteiger partial charge in [-0.15, -0.1) is 0 Å². The first-order chi connectivity index (χ1) is 13.5. The van der Waals surface area contributed by atoms with Crippen molar-refractivity contribution in [2.45, 2.75) is 63.3 Å². The molecule has 2 aliphatic carbocycles. The summed E-state index contributed by atoms with van der Waals surface area (Å²) in [5, 5.41) is 14.5. The third-order valence-corrected chi connectivity index (χ3v) is 4.89. The molecule has 1 heterocycles. The minimum atomic E-state index is -4.57. The average Bonchev–Trinajstić information content (AvgIpc) is 3.46. The number of nitrogens with zero attached hydrogens (tertiary/aromatic N) is 3. The first kappa shape index (κ1) is 21.6. The summed E-state index contributed by atoms with van der Waals surface area (Å²) in [5.74, 6) is -5.67. The maximum Gasteiger partial charge on any atom is 0.408 e. The molecule has 2 atom stereocenters. The Hall–Kier alpha value is -2.11. The van der Waals surface area contributed by atoms with Crippen LogP contribution in [0.5, 0.6) is 0 Å². The molecule has 0 aliphatic heterocycles. The molecule has 3 N–H and O–H groups in total. The lowest BCUT2D eigenvalue weighted by Crippen LogP contribution is -2.38. The molecular weight excluding hydrogens is 404 g/mol. The number of nitrogens with one attached hydrogen (secondary N) is 2. The van der Waals surface area contributed by atoms with Gasteiger partial charge in [0.25, 0.3) is 5.92 Å². The van der Waals surface area contributed by atoms with E-state index in [2.05, 4.69) is 25.6 Å². The van der Waals surface area contributed by atoms with Crippen molar-refractivity contribution in [3.63, 3.8) is 0 Å². The number of hydrogen-bond donors (Lipinski definition) is 3. The largest absolute Gasteiger partial charge is 0.408 e. The molecular formula is C17H21F6N5O. The topological polar surface area (TPSA) is 83.0 Å². The number of hydrogen-bond acceptors (Lipinski definition) is 6. The maximum atomic E-state index is 14.4. The molecule has 12 heteroatoms. The Morgan fingerprint density at radius 2 is 1.83 bits per heavy atom. The molecule has 1 saturated carbocycles. The highest BCUT2D eigenvalue weighted by molar-refractivity contribution is 5.66. The van der Waals surface area contributed by atoms with Gasteiger partial charge in [0.05, 0.1) is 0 Å². The van der Waals surface area contributed by atoms with E-state index in [9.17, 15) is 31.4 Å². The minimum absolute atomic E-state index is 0.0893. The third-order valence-electron chi connectivity index (χ3n) is 4.89. The van der Waals surface area contributed by atoms with Crippen molar-refractivity contribution < 1.29 is 31.4 Å². The van der Waals surface area contributed by atoms with Crippen LogP contribution in [0.4, 0.5) is 38.2 Å². The highest BCUT2D eigenvalue weighted by Crippen LogP contribution is 2.41. The second-order valence-electron chi connectivity index (χ2n) is 7.27. The van der Waals surface area contributed by atoms with Gasteiger partial charge in [0, 0.05) is 18.5 Å². The molecule has 0 amide bonds. The molecule has 2 aliphatic rings. The Balaban J connectivity index is 1.95. The van der Waals surface area contributed by atoms with E-state index in [1.165, 1.54) is 6.92 Å². The van der Waals surface area contributed by atoms with Crippen molar-refractivity contribution in [1.29, 1.82) is 0 Å². The summed E-state index contributed by atoms with van der Waals surface area (Å²) in [6.07, 6.45) is -6.87. The van der Waals surface area contributed by atoms with Gasteiger partial charge in [-0.1, -0.05) is 6.92 Å². The summed E-state index contributed by atoms with van der Waals surface area (Å²) in [6, 6.07) is -1.95. The summed E-state index contributed by atoms with van der Waals surface area (Å²) >= 11 is 0. The van der Waals surface area contributed by atoms with E-state index < -0.39 is 48.9 Å². The van der Waals surface area contributed by atoms with Crippen LogP contribution in [0.15, 0.2) is 5.83 Å². The van der Waals surface area contributed by atoms with Gasteiger partial charge in [-0.25, -0.2) is 13.2 Å². The number of alkyl halides is 5. The fourth-order valence-electron chi connectivity index (χ4n) is 2.90. The van der Waals surface area contributed by atoms with Crippen LogP contribution in [0.3, 0.4) is 0 Å². The molecule has 162 valence electrons. The van der Waals surface area contributed by atoms with Crippen LogP contribution in [0.1, 0.15) is 44.9 Å². The molecule has 1 fully saturated rings. The van der Waals surface area contributed by atoms with Crippen LogP contribution in [-0.4, -0.2) is 50.8 Å². The van der Waals surface area contributed by atoms with Crippen molar-refractivity contribution >= 4 is 17.5 Å². The van der Waals surface area contributed by atoms with Gasteiger partial charge in [-0.05, 0) is 31.6 Å². The van der Waals surface area contributed by atoms with Crippen LogP contribution in [0, 0.1) is 5.92 Å². The fraction of sp³-hybridized carbons (Fsp3) is 0.706. The lowest BCUT2D eigenvalue weighted by Gasteiger charge is -2.28. The van der Waals surface area contributed by atoms with E-state index in [1.54, 1.807) is 0 Å². The van der Waals surface area contributed by atoms with Crippen molar-refractivity contribution in [1.82, 2.24) is 15.0 Å². The SMILES string of the molecule is CC[C@@H](Nc1nc(NCC2CC2)nc(C2=C(F)C(O)C(F)(F)CC2)n1)C(F)(F)F. The summed E-state index contributed by atoms with van der Waals surface area (Å²) in [4.78, 5) is 11.7. The van der Waals surface area contributed by atoms with E-state index in [1.807, 2.05) is 0 Å². The van der Waals surface area contributed by atoms with Gasteiger partial charge in [0.2, 0.25) is 11.9 Å². The molecule has 1 unspecified atom stereocenters. The zero-order chi connectivity index (χ0) is 21.4. The molecule has 0 bridgehead atoms. The van der Waals surface area contributed by atoms with Crippen LogP contribution < -0.4 is 10.6 Å². The zero-order valence-corrected chi connectivity index (χ0v) is 15.5. The first-order valence-electron chi connectivity index (χ1n) is 9.29. The molecule has 6 nitrogen and oxygen atoms in total. The Morgan fingerprint density at radius 3 is 2.41 bits per heavy atom. The smallest absolute Gasteiger partial charge is 0.380 e. The van der Waals surface area contributed by atoms with Gasteiger partial charge < -0.3 is 15.7 Å². The Morgan fingerprint density at radius 1 is 1.17 bits per heavy atom. The van der Waals surface area contributed by atoms with Crippen molar-refractivity contribution in [2.75, 3.05) is 17.2 Å². The Labute approximate surface area is 162 Å². The molecule has 1 aromatic rings. The highest BCUT2D eigenvalue weighted by Gasteiger charge is 2.46. The van der Waals surface area contributed by atoms with Gasteiger partial charge in [0.1, 0.15) is 11.9 Å². The number of halogens is 6. The normalized spacial score (nSPS) is 23.1. The van der Waals surface area contributed by atoms with Crippen LogP contribution in [0.25, 0.3) is 5.57 Å². The van der Waals surface area contributed by atoms with Crippen molar-refractivity contribution in [3.8, 4) is 0 Å². The van der Waals surface area contributed by atoms with Gasteiger partial charge in [-0.3, -0.25) is 0 Å². The number of anilines is 2. The summed E-state index contributed by atoms with van der Waals surface area (Å²) < 4.78 is 80.7. The van der Waals surface area contributed by atoms with Gasteiger partial charge in [0.15, 0.2) is 11.9 Å². The fourth-order valence-corrected chi connectivity index (χ4v) is 2.90. The molecule has 0 aromatic carbocycles. The molecule has 0 radical (unpaired) electrons. The second kappa shape index (κ2) is 7.96. The average molecular weight is 425 g/mol. The summed E-state index contributed by atoms with van der Waals surface area (Å²) in [6.45, 7) is 1.79. The predicted octanol–water partition coefficient (Wildman–Crippen LogP) is 3.92. The molecule has 29 heavy (non-hydrogen) atoms. The molecule has 3 rings (SSSR count). The van der Waals surface area contributed by atoms with Gasteiger partial charge >= 0.3 is 6.18 Å². The predicted molar refractivity (Wildman–Crippen MR) is 93.0 cm³/mol. The monoisotopic (exact) mass is 425 g/mol. The third kappa shape index (κ3) is 5.09. The maximum absolute atomic E-state index is 14.4. The number of aliphatic hydroxyl groups is 1. The van der Waals surface area contributed by atoms with Gasteiger partial charge in [-0.2, -0.15) is 28.1 Å². The molecule has 0 spiro atoms. The highest BCUT2D eigenvalue weighted by atomic mass is 19.4. The lowest BCUT2D eigenvalue weighted by atomic mass is 9.92. The van der Waals surface area contributed by atoms with Crippen molar-refractivity contribution in [2.24, 2.45) is 5.92 Å². The minimum Gasteiger partial charge on any atom is -0.380 e. The standard InChI is InChI=1S/C17H21F6N5O/c1-2-10(17(21,22)23)25-15-27-13(26-14(28-15)24-7-8-3-4-8)9-5-6-16(19,20)12(29)11(9)18/h8,10,12,29H,2-7H2,1H3,(H2,24,25,26,27,28)/t10-,12?/m1/s1. The molecule has 0 saturated heterocycles. The molecule has 1 aromatic heterocycles. The summed E-state index contributed by atoms with van der Waals surface area (Å²) in [5.41, 5.74) is -0.372. The van der Waals surface area contributed by atoms with E-state index >= 15 is 0 Å². The number of aliphatic hydroxyl groups excluding tert-OH is 1. The van der Waals surface area contributed by atoms with Crippen LogP contribution >= 0.6 is 0 Å². The quantitative estimate of drug-likeness (QED) is 0.575. The summed E-state index contributed by atoms with van der Waals surface area (Å²) in [7, 11) is 0. The lowest BCUT2D eigenvalue weighted by molar-refractivity contribution is -0.143. The van der Waals surface area contributed by atoms with Crippen molar-refractivity contribution in [3.05, 3.63) is 11.7 Å². The van der Waals surface area contributed by atoms with E-state index in [4.69, 9.17) is 0 Å². The number of aromatic nitrogens is 3. The van der Waals surface area contributed by atoms with E-state index in [0.717, 1.165) is 12.8 Å². The Kier molecular flexibility index (Phi) is 5.93. The second-order valence-corrected chi connectivity index (χ2v) is 7.27. The Bertz CT molecular complexity index is 780. The van der Waals surface area contributed by atoms with E-state index in [-0.39, 0.29) is 23.8 Å². The number of rotatable bonds is 7. The van der Waals surface area contributed by atoms with Crippen LogP contribution in [-0.2, 0) is 0 Å². The number of allylic oxidation sites excluding steroid dienone is 1. The van der Waals surface area contributed by atoms with E-state index in [0.29, 0.717) is 12.5 Å². The van der Waals surface area contributed by atoms with Crippen LogP contribution in [0.2, 0.25) is 0 Å². The zero-order valence-electron chi connectivity index (χ0n) is 15.5. The first-order valence-corrected chi connectivity index (χ1v) is 9.29.